The number of H-pyrrole nitrogens is 1. The van der Waals surface area contributed by atoms with Crippen LogP contribution in [-0.4, -0.2) is 84.7 Å². The van der Waals surface area contributed by atoms with Crippen LogP contribution in [0.15, 0.2) is 41.5 Å². The first kappa shape index (κ1) is 42.7. The standard InChI is InChI=1S/C21H20F3N5O2.C4H10N2.C3H8.C2H3F3.C2H6/c1-12-15-7-6-14(8-16(15)27-26-12)28(2)17-5-3-4-13-9-29(20(31)19(13)17)10-18(30)25-11-21(22,23)24;1-4-5-6(2)3;1-3-2;1-2(3,4)5;1-2/h3-8H,9-11H2,1-2H3,(H,25,30)(H,26,27);4H,1-3H3;3H2,1-2H3;1H3;1-2H3/b;5-4-;;;. The van der Waals surface area contributed by atoms with Crippen molar-refractivity contribution in [1.29, 1.82) is 0 Å². The second kappa shape index (κ2) is 20.0. The van der Waals surface area contributed by atoms with Crippen LogP contribution in [0.25, 0.3) is 10.9 Å². The Morgan fingerprint density at radius 3 is 2.15 bits per heavy atom. The molecule has 0 saturated heterocycles. The zero-order valence-corrected chi connectivity index (χ0v) is 28.7. The van der Waals surface area contributed by atoms with Gasteiger partial charge in [-0.2, -0.15) is 36.5 Å². The van der Waals surface area contributed by atoms with Crippen molar-refractivity contribution in [1.82, 2.24) is 25.4 Å². The highest BCUT2D eigenvalue weighted by atomic mass is 19.4. The van der Waals surface area contributed by atoms with Gasteiger partial charge in [0.05, 0.1) is 16.8 Å². The quantitative estimate of drug-likeness (QED) is 0.158. The molecule has 0 bridgehead atoms. The number of nitrogens with zero attached hydrogens (tertiary/aromatic N) is 5. The third kappa shape index (κ3) is 15.7. The van der Waals surface area contributed by atoms with Crippen LogP contribution in [-0.2, 0) is 11.3 Å². The van der Waals surface area contributed by atoms with Gasteiger partial charge < -0.3 is 20.1 Å². The summed E-state index contributed by atoms with van der Waals surface area (Å²) in [5, 5.41) is 15.6. The number of carbonyl (C=O) groups is 2. The van der Waals surface area contributed by atoms with Crippen LogP contribution < -0.4 is 10.2 Å². The normalized spacial score (nSPS) is 12.0. The van der Waals surface area contributed by atoms with Gasteiger partial charge in [0.1, 0.15) is 13.1 Å². The van der Waals surface area contributed by atoms with Crippen LogP contribution >= 0.6 is 0 Å². The number of hydrogen-bond donors (Lipinski definition) is 2. The Hall–Kier alpha value is -4.30. The van der Waals surface area contributed by atoms with Crippen molar-refractivity contribution in [2.24, 2.45) is 5.10 Å². The third-order valence-corrected chi connectivity index (χ3v) is 5.64. The first-order valence-electron chi connectivity index (χ1n) is 15.0. The second-order valence-electron chi connectivity index (χ2n) is 10.2. The molecule has 1 aromatic heterocycles. The minimum absolute atomic E-state index is 0.160. The van der Waals surface area contributed by atoms with Crippen molar-refractivity contribution in [3.8, 4) is 0 Å². The molecule has 47 heavy (non-hydrogen) atoms. The summed E-state index contributed by atoms with van der Waals surface area (Å²) in [6.07, 6.45) is -5.50. The highest BCUT2D eigenvalue weighted by Gasteiger charge is 2.33. The Bertz CT molecular complexity index is 1410. The predicted octanol–water partition coefficient (Wildman–Crippen LogP) is 7.84. The zero-order chi connectivity index (χ0) is 36.5. The SMILES string of the molecule is C/C=N\N(C)C.CC.CC(F)(F)F.CCC.Cc1[nH]nc2cc(N(C)c3cccc4c3C(=O)N(CC(=O)NCC(F)(F)F)C4)ccc12. The van der Waals surface area contributed by atoms with Gasteiger partial charge in [0.25, 0.3) is 5.91 Å². The van der Waals surface area contributed by atoms with E-state index in [0.717, 1.165) is 27.8 Å². The van der Waals surface area contributed by atoms with Gasteiger partial charge in [0.15, 0.2) is 0 Å². The summed E-state index contributed by atoms with van der Waals surface area (Å²) in [5.41, 5.74) is 4.37. The topological polar surface area (TPSA) is 96.9 Å². The molecular weight excluding hydrogens is 628 g/mol. The highest BCUT2D eigenvalue weighted by Crippen LogP contribution is 2.35. The van der Waals surface area contributed by atoms with E-state index in [4.69, 9.17) is 0 Å². The van der Waals surface area contributed by atoms with E-state index in [1.807, 2.05) is 78.0 Å². The fourth-order valence-corrected chi connectivity index (χ4v) is 3.95. The molecule has 264 valence electrons. The molecule has 0 radical (unpaired) electrons. The fraction of sp³-hybridized carbons (Fsp3) is 0.500. The van der Waals surface area contributed by atoms with Crippen molar-refractivity contribution in [3.05, 3.63) is 53.2 Å². The lowest BCUT2D eigenvalue weighted by Crippen LogP contribution is -2.41. The molecule has 2 N–H and O–H groups in total. The molecule has 2 amide bonds. The molecule has 0 aliphatic carbocycles. The first-order chi connectivity index (χ1) is 21.8. The molecule has 2 aromatic carbocycles. The highest BCUT2D eigenvalue weighted by molar-refractivity contribution is 6.05. The largest absolute Gasteiger partial charge is 0.405 e. The molecule has 0 fully saturated rings. The van der Waals surface area contributed by atoms with Gasteiger partial charge in [-0.1, -0.05) is 46.2 Å². The van der Waals surface area contributed by atoms with Gasteiger partial charge in [-0.15, -0.1) is 0 Å². The van der Waals surface area contributed by atoms with E-state index in [2.05, 4.69) is 29.1 Å². The second-order valence-corrected chi connectivity index (χ2v) is 10.2. The molecule has 1 aliphatic rings. The third-order valence-electron chi connectivity index (χ3n) is 5.64. The van der Waals surface area contributed by atoms with E-state index in [1.165, 1.54) is 11.3 Å². The summed E-state index contributed by atoms with van der Waals surface area (Å²) < 4.78 is 68.0. The van der Waals surface area contributed by atoms with E-state index in [1.54, 1.807) is 28.7 Å². The summed E-state index contributed by atoms with van der Waals surface area (Å²) in [5.74, 6) is -1.25. The number of hydrogen-bond acceptors (Lipinski definition) is 6. The molecule has 15 heteroatoms. The van der Waals surface area contributed by atoms with E-state index in [-0.39, 0.29) is 13.5 Å². The molecule has 0 saturated carbocycles. The maximum Gasteiger partial charge on any atom is 0.405 e. The Balaban J connectivity index is 0.00000111. The molecular formula is C32H47F6N7O2. The fourth-order valence-electron chi connectivity index (χ4n) is 3.95. The van der Waals surface area contributed by atoms with Crippen molar-refractivity contribution in [3.63, 3.8) is 0 Å². The Morgan fingerprint density at radius 2 is 1.66 bits per heavy atom. The summed E-state index contributed by atoms with van der Waals surface area (Å²) in [4.78, 5) is 28.0. The summed E-state index contributed by atoms with van der Waals surface area (Å²) in [7, 11) is 5.60. The predicted molar refractivity (Wildman–Crippen MR) is 176 cm³/mol. The lowest BCUT2D eigenvalue weighted by Gasteiger charge is -2.22. The molecule has 0 atom stereocenters. The van der Waals surface area contributed by atoms with Gasteiger partial charge in [0.2, 0.25) is 5.91 Å². The molecule has 0 spiro atoms. The van der Waals surface area contributed by atoms with E-state index in [9.17, 15) is 35.9 Å². The van der Waals surface area contributed by atoms with Gasteiger partial charge in [-0.05, 0) is 43.7 Å². The Kier molecular flexibility index (Phi) is 18.2. The molecule has 9 nitrogen and oxygen atoms in total. The average Bonchev–Trinajstić information content (AvgIpc) is 3.50. The molecule has 1 aliphatic heterocycles. The minimum atomic E-state index is -4.50. The number of aromatic nitrogens is 2. The lowest BCUT2D eigenvalue weighted by atomic mass is 10.1. The van der Waals surface area contributed by atoms with Crippen LogP contribution in [0.1, 0.15) is 69.6 Å². The molecule has 0 unspecified atom stereocenters. The van der Waals surface area contributed by atoms with Crippen LogP contribution in [0.4, 0.5) is 37.7 Å². The Morgan fingerprint density at radius 1 is 1.09 bits per heavy atom. The van der Waals surface area contributed by atoms with Crippen molar-refractivity contribution in [2.75, 3.05) is 39.1 Å². The molecule has 4 rings (SSSR count). The molecule has 2 heterocycles. The first-order valence-corrected chi connectivity index (χ1v) is 15.0. The summed E-state index contributed by atoms with van der Waals surface area (Å²) >= 11 is 0. The Labute approximate surface area is 273 Å². The van der Waals surface area contributed by atoms with Crippen molar-refractivity contribution >= 4 is 40.3 Å². The van der Waals surface area contributed by atoms with E-state index in [0.29, 0.717) is 11.3 Å². The molecule has 3 aromatic rings. The van der Waals surface area contributed by atoms with Crippen molar-refractivity contribution < 1.29 is 35.9 Å². The van der Waals surface area contributed by atoms with Crippen LogP contribution in [0.3, 0.4) is 0 Å². The van der Waals surface area contributed by atoms with Crippen LogP contribution in [0.2, 0.25) is 0 Å². The number of benzene rings is 2. The monoisotopic (exact) mass is 675 g/mol. The van der Waals surface area contributed by atoms with Gasteiger partial charge in [-0.3, -0.25) is 14.7 Å². The number of hydrazone groups is 1. The van der Waals surface area contributed by atoms with Crippen LogP contribution in [0.5, 0.6) is 0 Å². The summed E-state index contributed by atoms with van der Waals surface area (Å²) in [6, 6.07) is 11.2. The number of aromatic amines is 1. The minimum Gasteiger partial charge on any atom is -0.345 e. The number of fused-ring (bicyclic) bond motifs is 2. The van der Waals surface area contributed by atoms with Crippen molar-refractivity contribution in [2.45, 2.75) is 73.8 Å². The lowest BCUT2D eigenvalue weighted by molar-refractivity contribution is -0.138. The number of amides is 2. The number of nitrogens with one attached hydrogen (secondary N) is 2. The number of rotatable bonds is 6. The average molecular weight is 676 g/mol. The van der Waals surface area contributed by atoms with Gasteiger partial charge >= 0.3 is 12.4 Å². The number of alkyl halides is 6. The number of aryl methyl sites for hydroxylation is 1. The van der Waals surface area contributed by atoms with Crippen LogP contribution in [0, 0.1) is 6.92 Å². The number of halogens is 6. The maximum absolute atomic E-state index is 13.0. The number of anilines is 2. The van der Waals surface area contributed by atoms with Gasteiger partial charge in [-0.25, -0.2) is 0 Å². The zero-order valence-electron chi connectivity index (χ0n) is 28.7. The smallest absolute Gasteiger partial charge is 0.345 e. The van der Waals surface area contributed by atoms with E-state index >= 15 is 0 Å². The summed E-state index contributed by atoms with van der Waals surface area (Å²) in [6.45, 7) is 10.6. The van der Waals surface area contributed by atoms with E-state index < -0.39 is 37.3 Å². The maximum atomic E-state index is 13.0. The van der Waals surface area contributed by atoms with Gasteiger partial charge in [0, 0.05) is 57.6 Å². The number of carbonyl (C=O) groups excluding carboxylic acids is 2.